The number of nitrogen functional groups attached to an aromatic ring is 1. The lowest BCUT2D eigenvalue weighted by Gasteiger charge is -2.10. The van der Waals surface area contributed by atoms with Crippen LogP contribution < -0.4 is 10.5 Å². The molecule has 0 saturated carbocycles. The van der Waals surface area contributed by atoms with Gasteiger partial charge in [-0.25, -0.2) is 9.97 Å². The van der Waals surface area contributed by atoms with Gasteiger partial charge in [-0.1, -0.05) is 6.92 Å². The molecule has 0 radical (unpaired) electrons. The lowest BCUT2D eigenvalue weighted by Crippen LogP contribution is -2.04. The Morgan fingerprint density at radius 3 is 2.63 bits per heavy atom. The minimum atomic E-state index is 0.536. The number of aryl methyl sites for hydroxylation is 1. The highest BCUT2D eigenvalue weighted by molar-refractivity contribution is 9.10. The molecular formula is C14H16BrN3O. The maximum Gasteiger partial charge on any atom is 0.161 e. The highest BCUT2D eigenvalue weighted by Gasteiger charge is 2.10. The quantitative estimate of drug-likeness (QED) is 0.941. The first-order chi connectivity index (χ1) is 9.06. The molecule has 5 heteroatoms. The average molecular weight is 322 g/mol. The number of anilines is 1. The van der Waals surface area contributed by atoms with Gasteiger partial charge in [0.1, 0.15) is 11.6 Å². The van der Waals surface area contributed by atoms with Crippen molar-refractivity contribution >= 4 is 21.7 Å². The number of methoxy groups -OCH3 is 1. The summed E-state index contributed by atoms with van der Waals surface area (Å²) < 4.78 is 6.08. The minimum absolute atomic E-state index is 0.536. The van der Waals surface area contributed by atoms with Crippen LogP contribution in [0.3, 0.4) is 0 Å². The first-order valence-electron chi connectivity index (χ1n) is 6.03. The first kappa shape index (κ1) is 13.8. The number of hydrogen-bond acceptors (Lipinski definition) is 4. The van der Waals surface area contributed by atoms with E-state index < -0.39 is 0 Å². The standard InChI is InChI=1S/C14H16BrN3O/c1-4-11-8(2)13(16)18-14(17-11)9-5-6-12(19-3)10(15)7-9/h5-7H,4H2,1-3H3,(H2,16,17,18). The Hall–Kier alpha value is -1.62. The molecule has 1 heterocycles. The Morgan fingerprint density at radius 2 is 2.05 bits per heavy atom. The van der Waals surface area contributed by atoms with E-state index in [1.54, 1.807) is 7.11 Å². The summed E-state index contributed by atoms with van der Waals surface area (Å²) in [5, 5.41) is 0. The summed E-state index contributed by atoms with van der Waals surface area (Å²) in [5.41, 5.74) is 8.79. The van der Waals surface area contributed by atoms with Gasteiger partial charge in [-0.3, -0.25) is 0 Å². The minimum Gasteiger partial charge on any atom is -0.496 e. The number of aromatic nitrogens is 2. The highest BCUT2D eigenvalue weighted by Crippen LogP contribution is 2.30. The predicted molar refractivity (Wildman–Crippen MR) is 80.2 cm³/mol. The third kappa shape index (κ3) is 2.71. The smallest absolute Gasteiger partial charge is 0.161 e. The maximum atomic E-state index is 5.94. The monoisotopic (exact) mass is 321 g/mol. The molecule has 0 amide bonds. The van der Waals surface area contributed by atoms with E-state index >= 15 is 0 Å². The molecule has 0 unspecified atom stereocenters. The topological polar surface area (TPSA) is 61.0 Å². The van der Waals surface area contributed by atoms with Crippen molar-refractivity contribution in [2.45, 2.75) is 20.3 Å². The second-order valence-corrected chi connectivity index (χ2v) is 5.06. The predicted octanol–water partition coefficient (Wildman–Crippen LogP) is 3.37. The number of benzene rings is 1. The molecule has 100 valence electrons. The average Bonchev–Trinajstić information content (AvgIpc) is 2.41. The third-order valence-electron chi connectivity index (χ3n) is 3.03. The van der Waals surface area contributed by atoms with Gasteiger partial charge in [-0.2, -0.15) is 0 Å². The second kappa shape index (κ2) is 5.57. The highest BCUT2D eigenvalue weighted by atomic mass is 79.9. The molecule has 0 atom stereocenters. The van der Waals surface area contributed by atoms with Crippen molar-refractivity contribution in [2.75, 3.05) is 12.8 Å². The molecule has 2 N–H and O–H groups in total. The van der Waals surface area contributed by atoms with E-state index in [0.717, 1.165) is 33.5 Å². The van der Waals surface area contributed by atoms with Crippen LogP contribution in [0.15, 0.2) is 22.7 Å². The summed E-state index contributed by atoms with van der Waals surface area (Å²) in [6, 6.07) is 5.74. The van der Waals surface area contributed by atoms with Gasteiger partial charge in [0.2, 0.25) is 0 Å². The van der Waals surface area contributed by atoms with Crippen LogP contribution in [0.2, 0.25) is 0 Å². The van der Waals surface area contributed by atoms with E-state index in [4.69, 9.17) is 10.5 Å². The van der Waals surface area contributed by atoms with Crippen molar-refractivity contribution in [3.63, 3.8) is 0 Å². The summed E-state index contributed by atoms with van der Waals surface area (Å²) >= 11 is 3.46. The Bertz CT molecular complexity index is 614. The molecule has 2 aromatic rings. The van der Waals surface area contributed by atoms with Gasteiger partial charge >= 0.3 is 0 Å². The number of hydrogen-bond donors (Lipinski definition) is 1. The molecule has 1 aromatic heterocycles. The first-order valence-corrected chi connectivity index (χ1v) is 6.83. The van der Waals surface area contributed by atoms with Crippen LogP contribution in [0.1, 0.15) is 18.2 Å². The Kier molecular flexibility index (Phi) is 4.04. The van der Waals surface area contributed by atoms with Crippen LogP contribution in [0.4, 0.5) is 5.82 Å². The molecule has 4 nitrogen and oxygen atoms in total. The fourth-order valence-corrected chi connectivity index (χ4v) is 2.40. The van der Waals surface area contributed by atoms with Gasteiger partial charge < -0.3 is 10.5 Å². The van der Waals surface area contributed by atoms with Crippen molar-refractivity contribution in [3.05, 3.63) is 33.9 Å². The van der Waals surface area contributed by atoms with Crippen LogP contribution in [-0.2, 0) is 6.42 Å². The van der Waals surface area contributed by atoms with Crippen LogP contribution in [0.25, 0.3) is 11.4 Å². The van der Waals surface area contributed by atoms with Gasteiger partial charge in [0, 0.05) is 16.8 Å². The van der Waals surface area contributed by atoms with E-state index in [1.165, 1.54) is 0 Å². The number of nitrogens with zero attached hydrogens (tertiary/aromatic N) is 2. The van der Waals surface area contributed by atoms with Crippen molar-refractivity contribution in [3.8, 4) is 17.1 Å². The third-order valence-corrected chi connectivity index (χ3v) is 3.65. The lowest BCUT2D eigenvalue weighted by atomic mass is 10.1. The SMILES string of the molecule is CCc1nc(-c2ccc(OC)c(Br)c2)nc(N)c1C. The van der Waals surface area contributed by atoms with Gasteiger partial charge in [0.15, 0.2) is 5.82 Å². The summed E-state index contributed by atoms with van der Waals surface area (Å²) in [4.78, 5) is 8.92. The fraction of sp³-hybridized carbons (Fsp3) is 0.286. The lowest BCUT2D eigenvalue weighted by molar-refractivity contribution is 0.412. The fourth-order valence-electron chi connectivity index (χ4n) is 1.86. The number of halogens is 1. The summed E-state index contributed by atoms with van der Waals surface area (Å²) in [6.45, 7) is 4.00. The zero-order chi connectivity index (χ0) is 14.0. The summed E-state index contributed by atoms with van der Waals surface area (Å²) in [5.74, 6) is 1.96. The van der Waals surface area contributed by atoms with Crippen LogP contribution in [0, 0.1) is 6.92 Å². The summed E-state index contributed by atoms with van der Waals surface area (Å²) in [7, 11) is 1.63. The van der Waals surface area contributed by atoms with Gasteiger partial charge in [-0.15, -0.1) is 0 Å². The molecule has 1 aromatic carbocycles. The van der Waals surface area contributed by atoms with Crippen molar-refractivity contribution in [1.82, 2.24) is 9.97 Å². The second-order valence-electron chi connectivity index (χ2n) is 4.21. The molecule has 19 heavy (non-hydrogen) atoms. The van der Waals surface area contributed by atoms with E-state index in [2.05, 4.69) is 32.8 Å². The van der Waals surface area contributed by atoms with E-state index in [0.29, 0.717) is 11.6 Å². The molecule has 2 rings (SSSR count). The molecule has 0 bridgehead atoms. The molecule has 0 aliphatic rings. The van der Waals surface area contributed by atoms with Crippen molar-refractivity contribution < 1.29 is 4.74 Å². The molecule has 0 spiro atoms. The number of ether oxygens (including phenoxy) is 1. The van der Waals surface area contributed by atoms with Crippen LogP contribution >= 0.6 is 15.9 Å². The molecule has 0 fully saturated rings. The summed E-state index contributed by atoms with van der Waals surface area (Å²) in [6.07, 6.45) is 0.836. The van der Waals surface area contributed by atoms with E-state index in [-0.39, 0.29) is 0 Å². The Balaban J connectivity index is 2.53. The molecule has 0 aliphatic heterocycles. The zero-order valence-electron chi connectivity index (χ0n) is 11.2. The zero-order valence-corrected chi connectivity index (χ0v) is 12.8. The normalized spacial score (nSPS) is 10.5. The maximum absolute atomic E-state index is 5.94. The molecule has 0 aliphatic carbocycles. The number of rotatable bonds is 3. The van der Waals surface area contributed by atoms with E-state index in [9.17, 15) is 0 Å². The van der Waals surface area contributed by atoms with Gasteiger partial charge in [0.25, 0.3) is 0 Å². The molecule has 0 saturated heterocycles. The Labute approximate surface area is 121 Å². The van der Waals surface area contributed by atoms with Gasteiger partial charge in [0.05, 0.1) is 11.6 Å². The van der Waals surface area contributed by atoms with Crippen molar-refractivity contribution in [1.29, 1.82) is 0 Å². The molecular weight excluding hydrogens is 306 g/mol. The Morgan fingerprint density at radius 1 is 1.32 bits per heavy atom. The van der Waals surface area contributed by atoms with E-state index in [1.807, 2.05) is 25.1 Å². The van der Waals surface area contributed by atoms with Gasteiger partial charge in [-0.05, 0) is 47.5 Å². The van der Waals surface area contributed by atoms with Crippen LogP contribution in [0.5, 0.6) is 5.75 Å². The number of nitrogens with two attached hydrogens (primary N) is 1. The van der Waals surface area contributed by atoms with Crippen molar-refractivity contribution in [2.24, 2.45) is 0 Å². The van der Waals surface area contributed by atoms with Crippen LogP contribution in [-0.4, -0.2) is 17.1 Å². The largest absolute Gasteiger partial charge is 0.496 e.